The molecular weight excluding hydrogens is 1040 g/mol. The average molecular weight is 1080 g/mol. The molecule has 0 aliphatic carbocycles. The molecule has 2 saturated heterocycles. The molecular formula is C24H40Br3I3N6V-. The SMILES string of the molecule is Brc1cncc(Br)c1.C.CN1CCN(c2cncc(Br)c2)CC1.CN1CCNCC1.[CH2-]CC.[I][V]([I])[I]. The molecule has 2 aliphatic heterocycles. The molecule has 0 spiro atoms. The van der Waals surface area contributed by atoms with Crippen LogP contribution in [0.15, 0.2) is 50.3 Å². The van der Waals surface area contributed by atoms with Gasteiger partial charge in [-0.25, -0.2) is 0 Å². The van der Waals surface area contributed by atoms with E-state index in [9.17, 15) is 0 Å². The van der Waals surface area contributed by atoms with Crippen LogP contribution in [0.1, 0.15) is 20.8 Å². The number of rotatable bonds is 1. The normalized spacial score (nSPS) is 15.3. The van der Waals surface area contributed by atoms with Gasteiger partial charge in [-0.05, 0) is 74.0 Å². The van der Waals surface area contributed by atoms with Crippen molar-refractivity contribution >= 4 is 113 Å². The van der Waals surface area contributed by atoms with Crippen LogP contribution in [-0.2, 0) is 4.92 Å². The van der Waals surface area contributed by atoms with Gasteiger partial charge in [0.1, 0.15) is 0 Å². The van der Waals surface area contributed by atoms with Gasteiger partial charge in [-0.3, -0.25) is 9.97 Å². The Hall–Kier alpha value is 2.19. The van der Waals surface area contributed by atoms with Gasteiger partial charge >= 0.3 is 64.9 Å². The van der Waals surface area contributed by atoms with Gasteiger partial charge in [0.15, 0.2) is 0 Å². The Bertz CT molecular complexity index is 780. The summed E-state index contributed by atoms with van der Waals surface area (Å²) in [6.45, 7) is 14.7. The molecule has 0 unspecified atom stereocenters. The zero-order valence-electron chi connectivity index (χ0n) is 21.0. The number of nitrogens with one attached hydrogen (secondary N) is 1. The van der Waals surface area contributed by atoms with E-state index in [2.05, 4.69) is 165 Å². The summed E-state index contributed by atoms with van der Waals surface area (Å²) in [7, 11) is 4.32. The molecule has 37 heavy (non-hydrogen) atoms. The monoisotopic (exact) mass is 1080 g/mol. The summed E-state index contributed by atoms with van der Waals surface area (Å²) in [6, 6.07) is 4.06. The number of likely N-dealkylation sites (N-methyl/N-ethyl adjacent to an activating group) is 2. The number of pyridine rings is 2. The van der Waals surface area contributed by atoms with E-state index in [0.717, 1.165) is 59.1 Å². The van der Waals surface area contributed by atoms with E-state index in [1.54, 1.807) is 12.4 Å². The Morgan fingerprint density at radius 1 is 0.811 bits per heavy atom. The predicted molar refractivity (Wildman–Crippen MR) is 196 cm³/mol. The molecule has 214 valence electrons. The maximum absolute atomic E-state index is 4.18. The Labute approximate surface area is 288 Å². The number of nitrogens with zero attached hydrogens (tertiary/aromatic N) is 5. The van der Waals surface area contributed by atoms with Crippen LogP contribution in [0, 0.1) is 6.92 Å². The van der Waals surface area contributed by atoms with Crippen molar-refractivity contribution in [2.24, 2.45) is 0 Å². The van der Waals surface area contributed by atoms with Gasteiger partial charge in [0, 0.05) is 84.4 Å². The molecule has 2 aromatic rings. The molecule has 6 nitrogen and oxygen atoms in total. The fourth-order valence-electron chi connectivity index (χ4n) is 2.80. The van der Waals surface area contributed by atoms with Crippen molar-refractivity contribution in [3.05, 3.63) is 57.3 Å². The summed E-state index contributed by atoms with van der Waals surface area (Å²) in [5.74, 6) is 0. The minimum absolute atomic E-state index is 0. The third-order valence-corrected chi connectivity index (χ3v) is 5.87. The first-order valence-corrected chi connectivity index (χ1v) is 27.2. The Balaban J connectivity index is 0. The minimum atomic E-state index is -0.278. The zero-order chi connectivity index (χ0) is 27.3. The standard InChI is InChI=1S/C10H14BrN3.C5H3Br2N.C5H12N2.C3H7.CH4.3HI.V/c1-13-2-4-14(5-3-13)10-6-9(11)7-12-8-10;6-4-1-5(7)3-8-2-4;1-7-4-2-6-3-5-7;1-3-2;;;;;/h6-8H,2-5H2,1H3;1-3H;6H,2-5H2,1H3;1,3H2,2H3;1H4;3*1H;/q;;;-1;;;;;+3/p-3. The van der Waals surface area contributed by atoms with Crippen LogP contribution in [0.25, 0.3) is 0 Å². The van der Waals surface area contributed by atoms with Gasteiger partial charge < -0.3 is 26.9 Å². The van der Waals surface area contributed by atoms with E-state index in [4.69, 9.17) is 0 Å². The summed E-state index contributed by atoms with van der Waals surface area (Å²) in [5, 5.41) is 3.27. The molecule has 2 aromatic heterocycles. The van der Waals surface area contributed by atoms with E-state index in [0.29, 0.717) is 0 Å². The van der Waals surface area contributed by atoms with Gasteiger partial charge in [-0.1, -0.05) is 14.4 Å². The molecule has 0 saturated carbocycles. The number of halogens is 6. The molecule has 4 rings (SSSR count). The van der Waals surface area contributed by atoms with Crippen LogP contribution in [0.3, 0.4) is 0 Å². The molecule has 2 aliphatic rings. The van der Waals surface area contributed by atoms with Crippen molar-refractivity contribution in [1.82, 2.24) is 25.1 Å². The van der Waals surface area contributed by atoms with Crippen molar-refractivity contribution < 1.29 is 4.92 Å². The van der Waals surface area contributed by atoms with Gasteiger partial charge in [0.2, 0.25) is 0 Å². The van der Waals surface area contributed by atoms with Crippen LogP contribution in [-0.4, -0.2) is 86.2 Å². The first-order chi connectivity index (χ1) is 17.1. The number of hydrogen-bond acceptors (Lipinski definition) is 6. The van der Waals surface area contributed by atoms with E-state index >= 15 is 0 Å². The average Bonchev–Trinajstić information content (AvgIpc) is 2.81. The third kappa shape index (κ3) is 25.6. The van der Waals surface area contributed by atoms with Crippen molar-refractivity contribution in [3.8, 4) is 0 Å². The van der Waals surface area contributed by atoms with Crippen molar-refractivity contribution in [3.63, 3.8) is 0 Å². The molecule has 13 heteroatoms. The van der Waals surface area contributed by atoms with Crippen LogP contribution < -0.4 is 10.2 Å². The number of hydrogen-bond donors (Lipinski definition) is 1. The first kappa shape index (κ1) is 41.3. The summed E-state index contributed by atoms with van der Waals surface area (Å²) in [6.07, 6.45) is 8.23. The van der Waals surface area contributed by atoms with Crippen molar-refractivity contribution in [2.45, 2.75) is 20.8 Å². The molecule has 0 atom stereocenters. The Morgan fingerprint density at radius 2 is 1.19 bits per heavy atom. The molecule has 0 aromatic carbocycles. The molecule has 2 fully saturated rings. The molecule has 4 heterocycles. The topological polar surface area (TPSA) is 47.5 Å². The second kappa shape index (κ2) is 27.1. The zero-order valence-corrected chi connectivity index (χ0v) is 33.6. The van der Waals surface area contributed by atoms with Crippen LogP contribution in [0.5, 0.6) is 0 Å². The van der Waals surface area contributed by atoms with Gasteiger partial charge in [-0.2, -0.15) is 6.42 Å². The summed E-state index contributed by atoms with van der Waals surface area (Å²) in [4.78, 5) is 14.8. The fourth-order valence-corrected chi connectivity index (χ4v) is 4.19. The summed E-state index contributed by atoms with van der Waals surface area (Å²) in [5.41, 5.74) is 1.22. The van der Waals surface area contributed by atoms with Crippen LogP contribution in [0.2, 0.25) is 0 Å². The quantitative estimate of drug-likeness (QED) is 0.230. The molecule has 0 bridgehead atoms. The van der Waals surface area contributed by atoms with Gasteiger partial charge in [-0.15, -0.1) is 0 Å². The van der Waals surface area contributed by atoms with Gasteiger partial charge in [0.05, 0.1) is 11.9 Å². The summed E-state index contributed by atoms with van der Waals surface area (Å²) >= 11 is 17.4. The number of aromatic nitrogens is 2. The number of anilines is 1. The predicted octanol–water partition coefficient (Wildman–Crippen LogP) is 8.25. The third-order valence-electron chi connectivity index (χ3n) is 4.57. The Kier molecular flexibility index (Phi) is 30.2. The van der Waals surface area contributed by atoms with E-state index in [1.807, 2.05) is 25.4 Å². The number of piperazine rings is 2. The van der Waals surface area contributed by atoms with E-state index in [1.165, 1.54) is 18.8 Å². The van der Waals surface area contributed by atoms with Crippen LogP contribution >= 0.6 is 108 Å². The van der Waals surface area contributed by atoms with Gasteiger partial charge in [0.25, 0.3) is 0 Å². The molecule has 1 N–H and O–H groups in total. The van der Waals surface area contributed by atoms with E-state index < -0.39 is 0 Å². The van der Waals surface area contributed by atoms with E-state index in [-0.39, 0.29) is 12.3 Å². The second-order valence-corrected chi connectivity index (χ2v) is 45.8. The van der Waals surface area contributed by atoms with Crippen LogP contribution in [0.4, 0.5) is 5.69 Å². The Morgan fingerprint density at radius 3 is 1.51 bits per heavy atom. The fraction of sp³-hybridized carbons (Fsp3) is 0.542. The van der Waals surface area contributed by atoms with Crippen molar-refractivity contribution in [2.75, 3.05) is 71.4 Å². The summed E-state index contributed by atoms with van der Waals surface area (Å²) < 4.78 is 3.03. The molecule has 0 radical (unpaired) electrons. The van der Waals surface area contributed by atoms with Crippen molar-refractivity contribution in [1.29, 1.82) is 0 Å². The second-order valence-electron chi connectivity index (χ2n) is 7.72. The maximum atomic E-state index is 4.18. The molecule has 0 amide bonds. The first-order valence-electron chi connectivity index (χ1n) is 11.3.